The molecule has 6 nitrogen and oxygen atoms in total. The van der Waals surface area contributed by atoms with Crippen LogP contribution in [-0.4, -0.2) is 66.4 Å². The summed E-state index contributed by atoms with van der Waals surface area (Å²) in [7, 11) is 0. The van der Waals surface area contributed by atoms with E-state index in [0.717, 1.165) is 12.6 Å². The van der Waals surface area contributed by atoms with Crippen LogP contribution in [0.4, 0.5) is 28.0 Å². The molecule has 0 bridgehead atoms. The first-order valence-electron chi connectivity index (χ1n) is 11.2. The first kappa shape index (κ1) is 25.1. The molecule has 186 valence electrons. The van der Waals surface area contributed by atoms with Crippen molar-refractivity contribution in [3.8, 4) is 0 Å². The number of rotatable bonds is 6. The molecule has 4 rings (SSSR count). The number of amides is 2. The van der Waals surface area contributed by atoms with Gasteiger partial charge in [-0.1, -0.05) is 36.7 Å². The lowest BCUT2D eigenvalue weighted by Crippen LogP contribution is -2.52. The Morgan fingerprint density at radius 1 is 1.11 bits per heavy atom. The topological polar surface area (TPSA) is 51.5 Å². The molecule has 0 unspecified atom stereocenters. The molecule has 0 aliphatic carbocycles. The van der Waals surface area contributed by atoms with Crippen molar-refractivity contribution in [2.45, 2.75) is 26.3 Å². The van der Waals surface area contributed by atoms with E-state index in [1.807, 2.05) is 6.92 Å². The minimum Gasteiger partial charge on any atom is -0.322 e. The first-order valence-corrected chi connectivity index (χ1v) is 11.6. The van der Waals surface area contributed by atoms with E-state index < -0.39 is 24.1 Å². The minimum atomic E-state index is -2.73. The molecule has 0 radical (unpaired) electrons. The van der Waals surface area contributed by atoms with Crippen LogP contribution in [0.2, 0.25) is 5.02 Å². The van der Waals surface area contributed by atoms with Gasteiger partial charge in [-0.05, 0) is 24.7 Å². The van der Waals surface area contributed by atoms with Crippen molar-refractivity contribution in [2.24, 2.45) is 10.2 Å². The number of benzene rings is 2. The molecule has 2 amide bonds. The van der Waals surface area contributed by atoms with Gasteiger partial charge in [-0.2, -0.15) is 10.2 Å². The molecule has 0 atom stereocenters. The second-order valence-electron chi connectivity index (χ2n) is 8.28. The number of halogens is 5. The Labute approximate surface area is 205 Å². The molecule has 1 fully saturated rings. The van der Waals surface area contributed by atoms with Crippen LogP contribution in [0.1, 0.15) is 24.5 Å². The summed E-state index contributed by atoms with van der Waals surface area (Å²) >= 11 is 5.96. The standard InChI is InChI=1S/C24H24ClF4N5O/c1-2-32-8-10-33(11-9-32)24(35)34(21-5-3-4-17(25)22(21)27)14-16-7-6-15(12-18(16)26)19-13-20(23(28)29)31-30-19/h3-7,12,23H,2,8-11,13-14H2,1H3. The van der Waals surface area contributed by atoms with Crippen molar-refractivity contribution >= 4 is 34.7 Å². The molecule has 0 N–H and O–H groups in total. The zero-order valence-corrected chi connectivity index (χ0v) is 19.8. The molecule has 2 aromatic rings. The molecule has 2 aliphatic heterocycles. The van der Waals surface area contributed by atoms with Crippen LogP contribution in [0.25, 0.3) is 0 Å². The predicted molar refractivity (Wildman–Crippen MR) is 128 cm³/mol. The van der Waals surface area contributed by atoms with Gasteiger partial charge in [0.25, 0.3) is 6.43 Å². The Bertz CT molecular complexity index is 1160. The number of hydrogen-bond acceptors (Lipinski definition) is 4. The molecule has 0 saturated carbocycles. The lowest BCUT2D eigenvalue weighted by molar-refractivity contribution is 0.147. The summed E-state index contributed by atoms with van der Waals surface area (Å²) in [5, 5.41) is 7.03. The average molecular weight is 510 g/mol. The monoisotopic (exact) mass is 509 g/mol. The van der Waals surface area contributed by atoms with E-state index in [2.05, 4.69) is 15.1 Å². The van der Waals surface area contributed by atoms with Gasteiger partial charge in [0.15, 0.2) is 5.82 Å². The van der Waals surface area contributed by atoms with Crippen LogP contribution in [0.5, 0.6) is 0 Å². The summed E-state index contributed by atoms with van der Waals surface area (Å²) in [6.07, 6.45) is -2.90. The molecule has 0 spiro atoms. The van der Waals surface area contributed by atoms with Gasteiger partial charge in [0.2, 0.25) is 0 Å². The number of carbonyl (C=O) groups excluding carboxylic acids is 1. The third-order valence-electron chi connectivity index (χ3n) is 6.16. The molecular formula is C24H24ClF4N5O. The van der Waals surface area contributed by atoms with Crippen molar-refractivity contribution < 1.29 is 22.4 Å². The summed E-state index contributed by atoms with van der Waals surface area (Å²) in [5.74, 6) is -1.45. The van der Waals surface area contributed by atoms with Crippen LogP contribution in [0.3, 0.4) is 0 Å². The fourth-order valence-corrected chi connectivity index (χ4v) is 4.23. The smallest absolute Gasteiger partial charge is 0.322 e. The van der Waals surface area contributed by atoms with Crippen LogP contribution >= 0.6 is 11.6 Å². The minimum absolute atomic E-state index is 0.0564. The van der Waals surface area contributed by atoms with Gasteiger partial charge in [-0.3, -0.25) is 4.90 Å². The number of carbonyl (C=O) groups is 1. The Kier molecular flexibility index (Phi) is 7.71. The largest absolute Gasteiger partial charge is 0.324 e. The van der Waals surface area contributed by atoms with Crippen molar-refractivity contribution in [2.75, 3.05) is 37.6 Å². The number of alkyl halides is 2. The lowest BCUT2D eigenvalue weighted by Gasteiger charge is -2.37. The number of piperazine rings is 1. The Morgan fingerprint density at radius 3 is 2.49 bits per heavy atom. The number of likely N-dealkylation sites (N-methyl/N-ethyl adjacent to an activating group) is 1. The maximum absolute atomic E-state index is 15.1. The molecule has 35 heavy (non-hydrogen) atoms. The second-order valence-corrected chi connectivity index (χ2v) is 8.69. The molecule has 11 heteroatoms. The number of anilines is 1. The molecule has 1 saturated heterocycles. The third-order valence-corrected chi connectivity index (χ3v) is 6.45. The van der Waals surface area contributed by atoms with Crippen LogP contribution < -0.4 is 4.90 Å². The van der Waals surface area contributed by atoms with E-state index in [4.69, 9.17) is 11.6 Å². The fourth-order valence-electron chi connectivity index (χ4n) is 4.06. The Hall–Kier alpha value is -2.98. The highest BCUT2D eigenvalue weighted by Crippen LogP contribution is 2.29. The highest BCUT2D eigenvalue weighted by atomic mass is 35.5. The zero-order chi connectivity index (χ0) is 25.1. The molecule has 2 aromatic carbocycles. The van der Waals surface area contributed by atoms with Crippen molar-refractivity contribution in [1.82, 2.24) is 9.80 Å². The van der Waals surface area contributed by atoms with E-state index >= 15 is 4.39 Å². The van der Waals surface area contributed by atoms with Crippen molar-refractivity contribution in [3.05, 3.63) is 64.2 Å². The molecule has 0 aromatic heterocycles. The first-order chi connectivity index (χ1) is 16.8. The van der Waals surface area contributed by atoms with Crippen molar-refractivity contribution in [1.29, 1.82) is 0 Å². The van der Waals surface area contributed by atoms with E-state index in [-0.39, 0.29) is 40.7 Å². The summed E-state index contributed by atoms with van der Waals surface area (Å²) in [5.41, 5.74) is 0.240. The summed E-state index contributed by atoms with van der Waals surface area (Å²) < 4.78 is 55.7. The summed E-state index contributed by atoms with van der Waals surface area (Å²) in [6.45, 7) is 4.93. The van der Waals surface area contributed by atoms with E-state index in [1.54, 1.807) is 4.90 Å². The summed E-state index contributed by atoms with van der Waals surface area (Å²) in [4.78, 5) is 18.4. The average Bonchev–Trinajstić information content (AvgIpc) is 3.36. The number of urea groups is 1. The van der Waals surface area contributed by atoms with Gasteiger partial charge in [-0.25, -0.2) is 22.4 Å². The normalized spacial score (nSPS) is 16.5. The second kappa shape index (κ2) is 10.7. The van der Waals surface area contributed by atoms with Crippen molar-refractivity contribution in [3.63, 3.8) is 0 Å². The van der Waals surface area contributed by atoms with Gasteiger partial charge < -0.3 is 9.80 Å². The SMILES string of the molecule is CCN1CCN(C(=O)N(Cc2ccc(C3=NN=C(C(F)F)C3)cc2F)c2cccc(Cl)c2F)CC1. The third kappa shape index (κ3) is 5.48. The highest BCUT2D eigenvalue weighted by molar-refractivity contribution is 6.31. The van der Waals surface area contributed by atoms with Gasteiger partial charge >= 0.3 is 6.03 Å². The van der Waals surface area contributed by atoms with E-state index in [0.29, 0.717) is 31.7 Å². The molecular weight excluding hydrogens is 486 g/mol. The quantitative estimate of drug-likeness (QED) is 0.503. The van der Waals surface area contributed by atoms with Gasteiger partial charge in [0.05, 0.1) is 23.0 Å². The van der Waals surface area contributed by atoms with Gasteiger partial charge in [-0.15, -0.1) is 0 Å². The number of nitrogens with zero attached hydrogens (tertiary/aromatic N) is 5. The Balaban J connectivity index is 1.59. The molecule has 2 heterocycles. The van der Waals surface area contributed by atoms with Crippen LogP contribution in [0.15, 0.2) is 46.6 Å². The highest BCUT2D eigenvalue weighted by Gasteiger charge is 2.29. The fraction of sp³-hybridized carbons (Fsp3) is 0.375. The van der Waals surface area contributed by atoms with E-state index in [9.17, 15) is 18.0 Å². The maximum atomic E-state index is 15.1. The lowest BCUT2D eigenvalue weighted by atomic mass is 10.0. The predicted octanol–water partition coefficient (Wildman–Crippen LogP) is 5.20. The maximum Gasteiger partial charge on any atom is 0.324 e. The van der Waals surface area contributed by atoms with E-state index in [1.165, 1.54) is 35.2 Å². The van der Waals surface area contributed by atoms with Gasteiger partial charge in [0.1, 0.15) is 11.5 Å². The number of hydrogen-bond donors (Lipinski definition) is 0. The van der Waals surface area contributed by atoms with Crippen LogP contribution in [0, 0.1) is 11.6 Å². The van der Waals surface area contributed by atoms with Crippen LogP contribution in [-0.2, 0) is 6.54 Å². The molecule has 2 aliphatic rings. The summed E-state index contributed by atoms with van der Waals surface area (Å²) in [6, 6.07) is 7.98. The zero-order valence-electron chi connectivity index (χ0n) is 19.0. The van der Waals surface area contributed by atoms with Gasteiger partial charge in [0, 0.05) is 43.7 Å². The Morgan fingerprint density at radius 2 is 1.86 bits per heavy atom.